The molecule has 1 amide bonds. The van der Waals surface area contributed by atoms with Crippen molar-refractivity contribution in [3.05, 3.63) is 90.0 Å². The Labute approximate surface area is 196 Å². The summed E-state index contributed by atoms with van der Waals surface area (Å²) >= 11 is 0. The molecule has 0 heterocycles. The molecule has 0 bridgehead atoms. The van der Waals surface area contributed by atoms with Crippen molar-refractivity contribution < 1.29 is 14.6 Å². The molecular formula is C28H32N2O3. The highest BCUT2D eigenvalue weighted by molar-refractivity contribution is 6.31. The van der Waals surface area contributed by atoms with Crippen LogP contribution in [0.2, 0.25) is 0 Å². The van der Waals surface area contributed by atoms with Crippen molar-refractivity contribution in [3.63, 3.8) is 0 Å². The number of benzene rings is 3. The zero-order chi connectivity index (χ0) is 23.6. The topological polar surface area (TPSA) is 61.8 Å². The van der Waals surface area contributed by atoms with Crippen LogP contribution in [0, 0.1) is 0 Å². The summed E-state index contributed by atoms with van der Waals surface area (Å²) in [5.41, 5.74) is 3.99. The third-order valence-corrected chi connectivity index (χ3v) is 5.29. The number of hydrogen-bond acceptors (Lipinski definition) is 4. The standard InChI is InChI=1S/C28H32N2O3/c1-4-26(21-9-6-5-7-10-21)27(22-11-15-24(31)16-12-22)28(32)29-23-13-17-25(18-14-23)33-20-8-19-30(2)3/h5-7,9-18,31H,4,8,19-20H2,1-3H3,(H,29,32)/b27-26-. The maximum absolute atomic E-state index is 13.5. The molecule has 3 aromatic carbocycles. The molecule has 0 aliphatic carbocycles. The van der Waals surface area contributed by atoms with Crippen molar-refractivity contribution in [3.8, 4) is 11.5 Å². The van der Waals surface area contributed by atoms with Crippen LogP contribution in [0.1, 0.15) is 30.9 Å². The van der Waals surface area contributed by atoms with E-state index in [2.05, 4.69) is 10.2 Å². The molecule has 0 unspecified atom stereocenters. The maximum Gasteiger partial charge on any atom is 0.256 e. The third-order valence-electron chi connectivity index (χ3n) is 5.29. The predicted molar refractivity (Wildman–Crippen MR) is 135 cm³/mol. The second-order valence-electron chi connectivity index (χ2n) is 8.10. The van der Waals surface area contributed by atoms with Crippen molar-refractivity contribution in [2.45, 2.75) is 19.8 Å². The van der Waals surface area contributed by atoms with Gasteiger partial charge in [-0.15, -0.1) is 0 Å². The lowest BCUT2D eigenvalue weighted by Crippen LogP contribution is -2.16. The Bertz CT molecular complexity index is 1060. The van der Waals surface area contributed by atoms with Crippen molar-refractivity contribution in [1.29, 1.82) is 0 Å². The SMILES string of the molecule is CC/C(=C(/C(=O)Nc1ccc(OCCCN(C)C)cc1)c1ccc(O)cc1)c1ccccc1. The normalized spacial score (nSPS) is 11.8. The Morgan fingerprint density at radius 3 is 2.18 bits per heavy atom. The molecule has 5 nitrogen and oxygen atoms in total. The molecule has 2 N–H and O–H groups in total. The summed E-state index contributed by atoms with van der Waals surface area (Å²) in [5.74, 6) is 0.748. The lowest BCUT2D eigenvalue weighted by molar-refractivity contribution is -0.111. The molecule has 3 aromatic rings. The van der Waals surface area contributed by atoms with Gasteiger partial charge in [-0.1, -0.05) is 49.4 Å². The lowest BCUT2D eigenvalue weighted by atomic mass is 9.92. The van der Waals surface area contributed by atoms with Gasteiger partial charge in [-0.05, 0) is 80.0 Å². The van der Waals surface area contributed by atoms with E-state index >= 15 is 0 Å². The first kappa shape index (κ1) is 24.1. The zero-order valence-corrected chi connectivity index (χ0v) is 19.5. The summed E-state index contributed by atoms with van der Waals surface area (Å²) in [7, 11) is 4.08. The van der Waals surface area contributed by atoms with E-state index in [1.54, 1.807) is 24.3 Å². The highest BCUT2D eigenvalue weighted by Crippen LogP contribution is 2.31. The highest BCUT2D eigenvalue weighted by Gasteiger charge is 2.18. The van der Waals surface area contributed by atoms with E-state index in [1.165, 1.54) is 0 Å². The van der Waals surface area contributed by atoms with Crippen LogP contribution in [0.5, 0.6) is 11.5 Å². The Balaban J connectivity index is 1.82. The average Bonchev–Trinajstić information content (AvgIpc) is 2.82. The number of aromatic hydroxyl groups is 1. The van der Waals surface area contributed by atoms with Gasteiger partial charge in [-0.2, -0.15) is 0 Å². The minimum absolute atomic E-state index is 0.164. The summed E-state index contributed by atoms with van der Waals surface area (Å²) in [4.78, 5) is 15.6. The third kappa shape index (κ3) is 6.96. The smallest absolute Gasteiger partial charge is 0.256 e. The van der Waals surface area contributed by atoms with Crippen molar-refractivity contribution in [1.82, 2.24) is 4.90 Å². The van der Waals surface area contributed by atoms with E-state index in [9.17, 15) is 9.90 Å². The van der Waals surface area contributed by atoms with Gasteiger partial charge >= 0.3 is 0 Å². The van der Waals surface area contributed by atoms with Crippen LogP contribution in [0.3, 0.4) is 0 Å². The van der Waals surface area contributed by atoms with Gasteiger partial charge in [0.25, 0.3) is 5.91 Å². The Morgan fingerprint density at radius 1 is 0.909 bits per heavy atom. The van der Waals surface area contributed by atoms with Crippen LogP contribution in [-0.2, 0) is 4.79 Å². The first-order chi connectivity index (χ1) is 16.0. The fourth-order valence-electron chi connectivity index (χ4n) is 3.63. The number of phenolic OH excluding ortho intramolecular Hbond substituents is 1. The lowest BCUT2D eigenvalue weighted by Gasteiger charge is -2.16. The van der Waals surface area contributed by atoms with Crippen LogP contribution in [0.4, 0.5) is 5.69 Å². The quantitative estimate of drug-likeness (QED) is 0.240. The Kier molecular flexibility index (Phi) is 8.67. The monoisotopic (exact) mass is 444 g/mol. The van der Waals surface area contributed by atoms with Gasteiger partial charge in [0.2, 0.25) is 0 Å². The van der Waals surface area contributed by atoms with Crippen LogP contribution >= 0.6 is 0 Å². The van der Waals surface area contributed by atoms with Gasteiger partial charge in [-0.25, -0.2) is 0 Å². The fourth-order valence-corrected chi connectivity index (χ4v) is 3.63. The molecule has 0 aliphatic rings. The summed E-state index contributed by atoms with van der Waals surface area (Å²) in [6.07, 6.45) is 1.64. The molecular weight excluding hydrogens is 412 g/mol. The van der Waals surface area contributed by atoms with Crippen molar-refractivity contribution in [2.24, 2.45) is 0 Å². The van der Waals surface area contributed by atoms with Crippen molar-refractivity contribution in [2.75, 3.05) is 32.6 Å². The number of anilines is 1. The first-order valence-electron chi connectivity index (χ1n) is 11.2. The summed E-state index contributed by atoms with van der Waals surface area (Å²) in [5, 5.41) is 12.8. The zero-order valence-electron chi connectivity index (χ0n) is 19.5. The van der Waals surface area contributed by atoms with Crippen LogP contribution < -0.4 is 10.1 Å². The van der Waals surface area contributed by atoms with Gasteiger partial charge in [0.1, 0.15) is 11.5 Å². The van der Waals surface area contributed by atoms with E-state index in [4.69, 9.17) is 4.74 Å². The molecule has 5 heteroatoms. The largest absolute Gasteiger partial charge is 0.508 e. The van der Waals surface area contributed by atoms with Gasteiger partial charge in [0.15, 0.2) is 0 Å². The van der Waals surface area contributed by atoms with Crippen LogP contribution in [0.15, 0.2) is 78.9 Å². The summed E-state index contributed by atoms with van der Waals surface area (Å²) in [6.45, 7) is 3.66. The van der Waals surface area contributed by atoms with Crippen LogP contribution in [-0.4, -0.2) is 43.2 Å². The van der Waals surface area contributed by atoms with Crippen molar-refractivity contribution >= 4 is 22.7 Å². The second-order valence-corrected chi connectivity index (χ2v) is 8.10. The van der Waals surface area contributed by atoms with Gasteiger partial charge < -0.3 is 20.1 Å². The minimum atomic E-state index is -0.193. The minimum Gasteiger partial charge on any atom is -0.508 e. The molecule has 172 valence electrons. The highest BCUT2D eigenvalue weighted by atomic mass is 16.5. The van der Waals surface area contributed by atoms with E-state index in [1.807, 2.05) is 75.6 Å². The number of carbonyl (C=O) groups excluding carboxylic acids is 1. The maximum atomic E-state index is 13.5. The molecule has 33 heavy (non-hydrogen) atoms. The Hall–Kier alpha value is -3.57. The number of nitrogens with zero attached hydrogens (tertiary/aromatic N) is 1. The van der Waals surface area contributed by atoms with Gasteiger partial charge in [0.05, 0.1) is 12.2 Å². The summed E-state index contributed by atoms with van der Waals surface area (Å²) in [6, 6.07) is 24.1. The number of carbonyl (C=O) groups is 1. The predicted octanol–water partition coefficient (Wildman–Crippen LogP) is 5.68. The second kappa shape index (κ2) is 11.9. The average molecular weight is 445 g/mol. The Morgan fingerprint density at radius 2 is 1.58 bits per heavy atom. The number of phenols is 1. The van der Waals surface area contributed by atoms with E-state index < -0.39 is 0 Å². The summed E-state index contributed by atoms with van der Waals surface area (Å²) < 4.78 is 5.79. The molecule has 0 aliphatic heterocycles. The number of allylic oxidation sites excluding steroid dienone is 1. The fraction of sp³-hybridized carbons (Fsp3) is 0.250. The van der Waals surface area contributed by atoms with Gasteiger partial charge in [0, 0.05) is 12.2 Å². The van der Waals surface area contributed by atoms with E-state index in [-0.39, 0.29) is 11.7 Å². The number of ether oxygens (including phenoxy) is 1. The first-order valence-corrected chi connectivity index (χ1v) is 11.2. The molecule has 0 radical (unpaired) electrons. The van der Waals surface area contributed by atoms with Gasteiger partial charge in [-0.3, -0.25) is 4.79 Å². The molecule has 0 atom stereocenters. The molecule has 0 spiro atoms. The molecule has 0 fully saturated rings. The van der Waals surface area contributed by atoms with Crippen LogP contribution in [0.25, 0.3) is 11.1 Å². The molecule has 0 saturated carbocycles. The molecule has 3 rings (SSSR count). The van der Waals surface area contributed by atoms with E-state index in [0.717, 1.165) is 35.4 Å². The van der Waals surface area contributed by atoms with E-state index in [0.29, 0.717) is 24.3 Å². The number of hydrogen-bond donors (Lipinski definition) is 2. The molecule has 0 aromatic heterocycles. The number of rotatable bonds is 10. The molecule has 0 saturated heterocycles. The number of nitrogens with one attached hydrogen (secondary N) is 1. The number of amides is 1.